The zero-order valence-corrected chi connectivity index (χ0v) is 12.8. The maximum absolute atomic E-state index is 12.6. The van der Waals surface area contributed by atoms with Gasteiger partial charge in [0.15, 0.2) is 0 Å². The lowest BCUT2D eigenvalue weighted by Crippen LogP contribution is -2.08. The fraction of sp³-hybridized carbons (Fsp3) is 0.294. The molecule has 0 bridgehead atoms. The summed E-state index contributed by atoms with van der Waals surface area (Å²) in [5.74, 6) is -0.496. The van der Waals surface area contributed by atoms with Crippen molar-refractivity contribution >= 4 is 11.8 Å². The molecule has 0 unspecified atom stereocenters. The first kappa shape index (κ1) is 15.0. The topological polar surface area (TPSA) is 48.3 Å². The molecule has 0 amide bonds. The van der Waals surface area contributed by atoms with Crippen molar-refractivity contribution < 1.29 is 14.3 Å². The molecule has 0 aliphatic carbocycles. The summed E-state index contributed by atoms with van der Waals surface area (Å²) < 4.78 is 6.75. The number of aromatic nitrogens is 1. The number of esters is 1. The molecule has 0 saturated heterocycles. The second-order valence-electron chi connectivity index (χ2n) is 5.00. The average molecular weight is 285 g/mol. The molecule has 4 nitrogen and oxygen atoms in total. The fourth-order valence-corrected chi connectivity index (χ4v) is 2.19. The molecule has 2 rings (SSSR count). The second kappa shape index (κ2) is 5.95. The molecule has 0 aliphatic rings. The molecule has 1 aromatic carbocycles. The Kier molecular flexibility index (Phi) is 4.26. The van der Waals surface area contributed by atoms with E-state index >= 15 is 0 Å². The van der Waals surface area contributed by atoms with Gasteiger partial charge in [0, 0.05) is 18.3 Å². The predicted octanol–water partition coefficient (Wildman–Crippen LogP) is 3.05. The molecule has 1 aromatic heterocycles. The van der Waals surface area contributed by atoms with Gasteiger partial charge in [-0.25, -0.2) is 4.79 Å². The molecule has 21 heavy (non-hydrogen) atoms. The minimum atomic E-state index is -0.395. The Bertz CT molecular complexity index is 681. The van der Waals surface area contributed by atoms with Crippen LogP contribution in [-0.4, -0.2) is 22.9 Å². The van der Waals surface area contributed by atoms with Crippen molar-refractivity contribution in [1.82, 2.24) is 4.57 Å². The van der Waals surface area contributed by atoms with E-state index in [0.717, 1.165) is 11.3 Å². The van der Waals surface area contributed by atoms with E-state index in [4.69, 9.17) is 4.74 Å². The summed E-state index contributed by atoms with van der Waals surface area (Å²) in [6, 6.07) is 8.99. The van der Waals surface area contributed by atoms with Gasteiger partial charge in [-0.15, -0.1) is 0 Å². The number of rotatable bonds is 4. The summed E-state index contributed by atoms with van der Waals surface area (Å²) in [4.78, 5) is 24.4. The molecule has 0 radical (unpaired) electrons. The molecule has 0 spiro atoms. The Morgan fingerprint density at radius 2 is 1.76 bits per heavy atom. The largest absolute Gasteiger partial charge is 0.462 e. The predicted molar refractivity (Wildman–Crippen MR) is 80.7 cm³/mol. The van der Waals surface area contributed by atoms with E-state index in [-0.39, 0.29) is 5.78 Å². The zero-order valence-electron chi connectivity index (χ0n) is 12.8. The molecular formula is C17H19NO3. The molecule has 0 saturated carbocycles. The van der Waals surface area contributed by atoms with Crippen LogP contribution in [0.4, 0.5) is 0 Å². The van der Waals surface area contributed by atoms with Crippen LogP contribution in [-0.2, 0) is 11.8 Å². The van der Waals surface area contributed by atoms with Gasteiger partial charge in [-0.05, 0) is 26.8 Å². The summed E-state index contributed by atoms with van der Waals surface area (Å²) in [5.41, 5.74) is 3.36. The number of carbonyl (C=O) groups is 2. The van der Waals surface area contributed by atoms with Crippen LogP contribution in [0.1, 0.15) is 44.6 Å². The molecule has 1 heterocycles. The van der Waals surface area contributed by atoms with Crippen molar-refractivity contribution in [2.75, 3.05) is 6.61 Å². The maximum Gasteiger partial charge on any atom is 0.339 e. The fourth-order valence-electron chi connectivity index (χ4n) is 2.19. The van der Waals surface area contributed by atoms with Crippen molar-refractivity contribution in [2.24, 2.45) is 7.05 Å². The normalized spacial score (nSPS) is 10.5. The third-order valence-electron chi connectivity index (χ3n) is 3.58. The lowest BCUT2D eigenvalue weighted by Gasteiger charge is -2.05. The standard InChI is InChI=1S/C17H19NO3/c1-5-21-17(20)14-10-15(18(4)12(14)3)16(19)13-8-6-11(2)7-9-13/h6-10H,5H2,1-4H3. The van der Waals surface area contributed by atoms with Gasteiger partial charge in [0.05, 0.1) is 17.9 Å². The van der Waals surface area contributed by atoms with Gasteiger partial charge in [-0.3, -0.25) is 4.79 Å². The monoisotopic (exact) mass is 285 g/mol. The van der Waals surface area contributed by atoms with Crippen molar-refractivity contribution in [1.29, 1.82) is 0 Å². The first-order valence-corrected chi connectivity index (χ1v) is 6.90. The molecular weight excluding hydrogens is 266 g/mol. The van der Waals surface area contributed by atoms with Crippen LogP contribution >= 0.6 is 0 Å². The number of hydrogen-bond acceptors (Lipinski definition) is 3. The highest BCUT2D eigenvalue weighted by atomic mass is 16.5. The highest BCUT2D eigenvalue weighted by molar-refractivity contribution is 6.09. The molecule has 0 aliphatic heterocycles. The van der Waals surface area contributed by atoms with Gasteiger partial charge in [-0.2, -0.15) is 0 Å². The van der Waals surface area contributed by atoms with Crippen LogP contribution in [0, 0.1) is 13.8 Å². The lowest BCUT2D eigenvalue weighted by molar-refractivity contribution is 0.0525. The molecule has 2 aromatic rings. The number of nitrogens with zero attached hydrogens (tertiary/aromatic N) is 1. The van der Waals surface area contributed by atoms with Crippen LogP contribution in [0.2, 0.25) is 0 Å². The van der Waals surface area contributed by atoms with Gasteiger partial charge in [0.2, 0.25) is 5.78 Å². The van der Waals surface area contributed by atoms with E-state index in [9.17, 15) is 9.59 Å². The summed E-state index contributed by atoms with van der Waals surface area (Å²) in [6.07, 6.45) is 0. The van der Waals surface area contributed by atoms with E-state index in [1.54, 1.807) is 43.7 Å². The quantitative estimate of drug-likeness (QED) is 0.641. The van der Waals surface area contributed by atoms with Gasteiger partial charge in [0.1, 0.15) is 0 Å². The number of hydrogen-bond donors (Lipinski definition) is 0. The van der Waals surface area contributed by atoms with Crippen molar-refractivity contribution in [3.05, 3.63) is 58.4 Å². The molecule has 0 fully saturated rings. The summed E-state index contributed by atoms with van der Waals surface area (Å²) in [7, 11) is 1.78. The number of aryl methyl sites for hydroxylation is 1. The van der Waals surface area contributed by atoms with Crippen LogP contribution < -0.4 is 0 Å². The lowest BCUT2D eigenvalue weighted by atomic mass is 10.1. The third-order valence-corrected chi connectivity index (χ3v) is 3.58. The molecule has 0 N–H and O–H groups in total. The van der Waals surface area contributed by atoms with E-state index in [0.29, 0.717) is 23.4 Å². The van der Waals surface area contributed by atoms with E-state index < -0.39 is 5.97 Å². The van der Waals surface area contributed by atoms with Gasteiger partial charge < -0.3 is 9.30 Å². The first-order chi connectivity index (χ1) is 9.95. The van der Waals surface area contributed by atoms with Crippen LogP contribution in [0.3, 0.4) is 0 Å². The Balaban J connectivity index is 2.40. The minimum absolute atomic E-state index is 0.101. The smallest absolute Gasteiger partial charge is 0.339 e. The Morgan fingerprint density at radius 3 is 2.33 bits per heavy atom. The van der Waals surface area contributed by atoms with Crippen molar-refractivity contribution in [3.8, 4) is 0 Å². The van der Waals surface area contributed by atoms with Crippen LogP contribution in [0.15, 0.2) is 30.3 Å². The number of ketones is 1. The van der Waals surface area contributed by atoms with E-state index in [1.807, 2.05) is 19.1 Å². The van der Waals surface area contributed by atoms with Gasteiger partial charge in [0.25, 0.3) is 0 Å². The highest BCUT2D eigenvalue weighted by Gasteiger charge is 2.21. The Hall–Kier alpha value is -2.36. The SMILES string of the molecule is CCOC(=O)c1cc(C(=O)c2ccc(C)cc2)n(C)c1C. The molecule has 0 atom stereocenters. The van der Waals surface area contributed by atoms with E-state index in [2.05, 4.69) is 0 Å². The van der Waals surface area contributed by atoms with E-state index in [1.165, 1.54) is 0 Å². The summed E-state index contributed by atoms with van der Waals surface area (Å²) in [5, 5.41) is 0. The zero-order chi connectivity index (χ0) is 15.6. The molecule has 4 heteroatoms. The highest BCUT2D eigenvalue weighted by Crippen LogP contribution is 2.19. The maximum atomic E-state index is 12.6. The van der Waals surface area contributed by atoms with Gasteiger partial charge >= 0.3 is 5.97 Å². The van der Waals surface area contributed by atoms with Crippen LogP contribution in [0.25, 0.3) is 0 Å². The third kappa shape index (κ3) is 2.89. The number of benzene rings is 1. The van der Waals surface area contributed by atoms with Crippen molar-refractivity contribution in [3.63, 3.8) is 0 Å². The first-order valence-electron chi connectivity index (χ1n) is 6.90. The van der Waals surface area contributed by atoms with Crippen molar-refractivity contribution in [2.45, 2.75) is 20.8 Å². The Morgan fingerprint density at radius 1 is 1.14 bits per heavy atom. The average Bonchev–Trinajstić information content (AvgIpc) is 2.76. The molecule has 110 valence electrons. The van der Waals surface area contributed by atoms with Gasteiger partial charge in [-0.1, -0.05) is 29.8 Å². The second-order valence-corrected chi connectivity index (χ2v) is 5.00. The number of ether oxygens (including phenoxy) is 1. The Labute approximate surface area is 124 Å². The summed E-state index contributed by atoms with van der Waals surface area (Å²) >= 11 is 0. The van der Waals surface area contributed by atoms with Crippen LogP contribution in [0.5, 0.6) is 0 Å². The minimum Gasteiger partial charge on any atom is -0.462 e. The number of carbonyl (C=O) groups excluding carboxylic acids is 2. The summed E-state index contributed by atoms with van der Waals surface area (Å²) in [6.45, 7) is 5.85.